The zero-order valence-electron chi connectivity index (χ0n) is 9.01. The Morgan fingerprint density at radius 1 is 1.31 bits per heavy atom. The number of ketones is 1. The van der Waals surface area contributed by atoms with Crippen LogP contribution >= 0.6 is 0 Å². The Hall–Kier alpha value is -0.590. The van der Waals surface area contributed by atoms with Crippen LogP contribution in [0.3, 0.4) is 0 Å². The van der Waals surface area contributed by atoms with E-state index in [9.17, 15) is 4.79 Å². The van der Waals surface area contributed by atoms with Gasteiger partial charge in [-0.05, 0) is 19.3 Å². The molecule has 0 saturated carbocycles. The predicted octanol–water partition coefficient (Wildman–Crippen LogP) is 3.74. The number of hydrogen-bond acceptors (Lipinski definition) is 1. The first-order valence-corrected chi connectivity index (χ1v) is 5.39. The first-order chi connectivity index (χ1) is 6.26. The molecule has 0 aliphatic heterocycles. The fourth-order valence-corrected chi connectivity index (χ4v) is 1.61. The van der Waals surface area contributed by atoms with E-state index in [1.165, 1.54) is 0 Å². The molecule has 1 nitrogen and oxygen atoms in total. The van der Waals surface area contributed by atoms with Gasteiger partial charge in [0.25, 0.3) is 0 Å². The second-order valence-electron chi connectivity index (χ2n) is 3.57. The molecule has 0 aliphatic rings. The topological polar surface area (TPSA) is 17.1 Å². The second kappa shape index (κ2) is 8.03. The summed E-state index contributed by atoms with van der Waals surface area (Å²) in [5, 5.41) is 0. The molecular weight excluding hydrogens is 160 g/mol. The molecule has 0 bridgehead atoms. The molecule has 0 atom stereocenters. The van der Waals surface area contributed by atoms with Gasteiger partial charge in [0.2, 0.25) is 0 Å². The summed E-state index contributed by atoms with van der Waals surface area (Å²) in [4.78, 5) is 11.6. The number of hydrogen-bond donors (Lipinski definition) is 0. The number of rotatable bonds is 8. The Kier molecular flexibility index (Phi) is 7.66. The lowest BCUT2D eigenvalue weighted by Crippen LogP contribution is -2.13. The maximum atomic E-state index is 11.6. The van der Waals surface area contributed by atoms with Gasteiger partial charge in [-0.3, -0.25) is 4.79 Å². The molecule has 13 heavy (non-hydrogen) atoms. The molecule has 0 rings (SSSR count). The molecule has 0 spiro atoms. The molecule has 0 heterocycles. The molecule has 0 aromatic heterocycles. The van der Waals surface area contributed by atoms with E-state index in [4.69, 9.17) is 0 Å². The fraction of sp³-hybridized carbons (Fsp3) is 0.750. The first-order valence-electron chi connectivity index (χ1n) is 5.39. The van der Waals surface area contributed by atoms with Crippen LogP contribution in [-0.4, -0.2) is 5.78 Å². The lowest BCUT2D eigenvalue weighted by atomic mass is 9.91. The van der Waals surface area contributed by atoms with Gasteiger partial charge in [0.15, 0.2) is 0 Å². The van der Waals surface area contributed by atoms with E-state index in [0.29, 0.717) is 18.1 Å². The van der Waals surface area contributed by atoms with Gasteiger partial charge in [-0.1, -0.05) is 32.8 Å². The van der Waals surface area contributed by atoms with Gasteiger partial charge in [-0.25, -0.2) is 0 Å². The molecule has 0 unspecified atom stereocenters. The fourth-order valence-electron chi connectivity index (χ4n) is 1.61. The zero-order chi connectivity index (χ0) is 10.1. The van der Waals surface area contributed by atoms with Crippen molar-refractivity contribution < 1.29 is 4.79 Å². The second-order valence-corrected chi connectivity index (χ2v) is 3.57. The lowest BCUT2D eigenvalue weighted by molar-refractivity contribution is -0.123. The Balaban J connectivity index is 3.86. The van der Waals surface area contributed by atoms with Crippen LogP contribution in [0.15, 0.2) is 12.7 Å². The first kappa shape index (κ1) is 12.4. The average Bonchev–Trinajstić information content (AvgIpc) is 2.14. The molecular formula is C12H22O. The molecule has 0 fully saturated rings. The van der Waals surface area contributed by atoms with Crippen molar-refractivity contribution in [2.24, 2.45) is 5.92 Å². The average molecular weight is 182 g/mol. The third-order valence-corrected chi connectivity index (χ3v) is 2.32. The summed E-state index contributed by atoms with van der Waals surface area (Å²) in [6.07, 6.45) is 7.70. The quantitative estimate of drug-likeness (QED) is 0.523. The third-order valence-electron chi connectivity index (χ3n) is 2.32. The van der Waals surface area contributed by atoms with Crippen LogP contribution in [0, 0.1) is 5.92 Å². The number of Topliss-reactive ketones (excluding diaryl/α,β-unsaturated/α-hetero) is 1. The summed E-state index contributed by atoms with van der Waals surface area (Å²) in [5.74, 6) is 0.749. The Labute approximate surface area is 82.2 Å². The van der Waals surface area contributed by atoms with Crippen molar-refractivity contribution in [3.8, 4) is 0 Å². The van der Waals surface area contributed by atoms with Crippen molar-refractivity contribution in [1.82, 2.24) is 0 Å². The molecule has 0 aliphatic carbocycles. The summed E-state index contributed by atoms with van der Waals surface area (Å²) >= 11 is 0. The Bertz CT molecular complexity index is 143. The number of allylic oxidation sites excluding steroid dienone is 1. The van der Waals surface area contributed by atoms with E-state index in [1.807, 2.05) is 6.08 Å². The number of carbonyl (C=O) groups excluding carboxylic acids is 1. The van der Waals surface area contributed by atoms with E-state index in [1.54, 1.807) is 0 Å². The van der Waals surface area contributed by atoms with Crippen molar-refractivity contribution in [2.45, 2.75) is 52.4 Å². The van der Waals surface area contributed by atoms with E-state index in [2.05, 4.69) is 20.4 Å². The Morgan fingerprint density at radius 3 is 2.23 bits per heavy atom. The largest absolute Gasteiger partial charge is 0.299 e. The lowest BCUT2D eigenvalue weighted by Gasteiger charge is -2.12. The monoisotopic (exact) mass is 182 g/mol. The van der Waals surface area contributed by atoms with Crippen molar-refractivity contribution in [3.63, 3.8) is 0 Å². The van der Waals surface area contributed by atoms with Gasteiger partial charge in [0, 0.05) is 12.3 Å². The smallest absolute Gasteiger partial charge is 0.136 e. The molecule has 0 saturated heterocycles. The molecule has 0 radical (unpaired) electrons. The van der Waals surface area contributed by atoms with Crippen molar-refractivity contribution in [2.75, 3.05) is 0 Å². The standard InChI is InChI=1S/C12H22O/c1-4-7-10-12(13)11(8-5-2)9-6-3/h4,11H,1,5-10H2,2-3H3. The highest BCUT2D eigenvalue weighted by atomic mass is 16.1. The summed E-state index contributed by atoms with van der Waals surface area (Å²) in [7, 11) is 0. The highest BCUT2D eigenvalue weighted by molar-refractivity contribution is 5.81. The van der Waals surface area contributed by atoms with Gasteiger partial charge >= 0.3 is 0 Å². The summed E-state index contributed by atoms with van der Waals surface area (Å²) in [5.41, 5.74) is 0. The van der Waals surface area contributed by atoms with Gasteiger partial charge in [0.05, 0.1) is 0 Å². The van der Waals surface area contributed by atoms with Gasteiger partial charge in [0.1, 0.15) is 5.78 Å². The van der Waals surface area contributed by atoms with E-state index >= 15 is 0 Å². The van der Waals surface area contributed by atoms with E-state index < -0.39 is 0 Å². The normalized spacial score (nSPS) is 10.4. The van der Waals surface area contributed by atoms with Crippen molar-refractivity contribution >= 4 is 5.78 Å². The predicted molar refractivity (Wildman–Crippen MR) is 57.7 cm³/mol. The van der Waals surface area contributed by atoms with E-state index in [-0.39, 0.29) is 0 Å². The molecule has 76 valence electrons. The highest BCUT2D eigenvalue weighted by Gasteiger charge is 2.14. The van der Waals surface area contributed by atoms with Gasteiger partial charge in [-0.15, -0.1) is 6.58 Å². The third kappa shape index (κ3) is 5.62. The van der Waals surface area contributed by atoms with Gasteiger partial charge in [-0.2, -0.15) is 0 Å². The van der Waals surface area contributed by atoms with E-state index in [0.717, 1.165) is 32.1 Å². The SMILES string of the molecule is C=CCCC(=O)C(CCC)CCC. The van der Waals surface area contributed by atoms with Crippen LogP contribution < -0.4 is 0 Å². The van der Waals surface area contributed by atoms with Crippen LogP contribution in [-0.2, 0) is 4.79 Å². The Morgan fingerprint density at radius 2 is 1.85 bits per heavy atom. The minimum atomic E-state index is 0.315. The summed E-state index contributed by atoms with van der Waals surface area (Å²) in [6, 6.07) is 0. The molecule has 0 amide bonds. The van der Waals surface area contributed by atoms with Crippen LogP contribution in [0.1, 0.15) is 52.4 Å². The maximum absolute atomic E-state index is 11.6. The highest BCUT2D eigenvalue weighted by Crippen LogP contribution is 2.17. The van der Waals surface area contributed by atoms with Crippen molar-refractivity contribution in [1.29, 1.82) is 0 Å². The zero-order valence-corrected chi connectivity index (χ0v) is 9.01. The van der Waals surface area contributed by atoms with Crippen molar-refractivity contribution in [3.05, 3.63) is 12.7 Å². The van der Waals surface area contributed by atoms with Crippen LogP contribution in [0.5, 0.6) is 0 Å². The minimum absolute atomic E-state index is 0.315. The van der Waals surface area contributed by atoms with Crippen LogP contribution in [0.25, 0.3) is 0 Å². The maximum Gasteiger partial charge on any atom is 0.136 e. The van der Waals surface area contributed by atoms with Crippen LogP contribution in [0.4, 0.5) is 0 Å². The molecule has 0 N–H and O–H groups in total. The van der Waals surface area contributed by atoms with Gasteiger partial charge < -0.3 is 0 Å². The molecule has 0 aromatic rings. The number of carbonyl (C=O) groups is 1. The van der Waals surface area contributed by atoms with Crippen LogP contribution in [0.2, 0.25) is 0 Å². The molecule has 1 heteroatoms. The summed E-state index contributed by atoms with van der Waals surface area (Å²) in [6.45, 7) is 7.92. The summed E-state index contributed by atoms with van der Waals surface area (Å²) < 4.78 is 0. The molecule has 0 aromatic carbocycles. The minimum Gasteiger partial charge on any atom is -0.299 e.